The number of amides is 2. The maximum atomic E-state index is 11.1. The SMILES string of the molecule is C=C(C)/C(NC(N)=O)=C1/CCC(C)C1=NCC1CC1. The molecule has 3 N–H and O–H groups in total. The van der Waals surface area contributed by atoms with Crippen molar-refractivity contribution in [3.8, 4) is 0 Å². The highest BCUT2D eigenvalue weighted by molar-refractivity contribution is 6.05. The molecule has 1 atom stereocenters. The van der Waals surface area contributed by atoms with Crippen LogP contribution in [0.3, 0.4) is 0 Å². The van der Waals surface area contributed by atoms with Crippen LogP contribution < -0.4 is 11.1 Å². The van der Waals surface area contributed by atoms with E-state index < -0.39 is 6.03 Å². The van der Waals surface area contributed by atoms with Crippen LogP contribution in [0.25, 0.3) is 0 Å². The molecule has 4 nitrogen and oxygen atoms in total. The van der Waals surface area contributed by atoms with E-state index in [9.17, 15) is 4.79 Å². The van der Waals surface area contributed by atoms with E-state index in [1.807, 2.05) is 6.92 Å². The van der Waals surface area contributed by atoms with E-state index in [1.165, 1.54) is 12.8 Å². The number of hydrogen-bond acceptors (Lipinski definition) is 2. The number of primary amides is 1. The van der Waals surface area contributed by atoms with Crippen molar-refractivity contribution in [3.63, 3.8) is 0 Å². The predicted octanol–water partition coefficient (Wildman–Crippen LogP) is 2.77. The van der Waals surface area contributed by atoms with Crippen LogP contribution in [0.4, 0.5) is 4.79 Å². The molecule has 0 radical (unpaired) electrons. The topological polar surface area (TPSA) is 67.5 Å². The number of rotatable bonds is 4. The molecule has 1 unspecified atom stereocenters. The first-order valence-corrected chi connectivity index (χ1v) is 6.99. The van der Waals surface area contributed by atoms with Gasteiger partial charge in [0.25, 0.3) is 0 Å². The largest absolute Gasteiger partial charge is 0.351 e. The minimum Gasteiger partial charge on any atom is -0.351 e. The van der Waals surface area contributed by atoms with Crippen LogP contribution >= 0.6 is 0 Å². The van der Waals surface area contributed by atoms with E-state index in [4.69, 9.17) is 10.7 Å². The van der Waals surface area contributed by atoms with Crippen molar-refractivity contribution in [2.24, 2.45) is 22.6 Å². The van der Waals surface area contributed by atoms with Gasteiger partial charge in [-0.05, 0) is 55.6 Å². The van der Waals surface area contributed by atoms with E-state index >= 15 is 0 Å². The lowest BCUT2D eigenvalue weighted by molar-refractivity contribution is 0.251. The zero-order chi connectivity index (χ0) is 14.0. The highest BCUT2D eigenvalue weighted by Gasteiger charge is 2.28. The summed E-state index contributed by atoms with van der Waals surface area (Å²) in [7, 11) is 0. The summed E-state index contributed by atoms with van der Waals surface area (Å²) in [6.07, 6.45) is 4.62. The number of urea groups is 1. The van der Waals surface area contributed by atoms with E-state index in [0.29, 0.717) is 5.92 Å². The Morgan fingerprint density at radius 2 is 2.16 bits per heavy atom. The third-order valence-corrected chi connectivity index (χ3v) is 3.80. The Kier molecular flexibility index (Phi) is 4.08. The fourth-order valence-corrected chi connectivity index (χ4v) is 2.52. The maximum absolute atomic E-state index is 11.1. The van der Waals surface area contributed by atoms with E-state index in [-0.39, 0.29) is 0 Å². The molecule has 19 heavy (non-hydrogen) atoms. The Bertz CT molecular complexity index is 458. The molecule has 2 amide bonds. The van der Waals surface area contributed by atoms with Crippen LogP contribution in [0, 0.1) is 11.8 Å². The summed E-state index contributed by atoms with van der Waals surface area (Å²) in [5.41, 5.74) is 9.11. The summed E-state index contributed by atoms with van der Waals surface area (Å²) < 4.78 is 0. The van der Waals surface area contributed by atoms with Crippen molar-refractivity contribution in [2.75, 3.05) is 6.54 Å². The molecule has 2 aliphatic rings. The zero-order valence-electron chi connectivity index (χ0n) is 11.8. The number of carbonyl (C=O) groups is 1. The second-order valence-electron chi connectivity index (χ2n) is 5.73. The molecule has 104 valence electrons. The smallest absolute Gasteiger partial charge is 0.316 e. The first-order chi connectivity index (χ1) is 8.99. The molecule has 2 rings (SSSR count). The van der Waals surface area contributed by atoms with Gasteiger partial charge in [0.1, 0.15) is 0 Å². The lowest BCUT2D eigenvalue weighted by Gasteiger charge is -2.13. The van der Waals surface area contributed by atoms with Crippen LogP contribution in [0.2, 0.25) is 0 Å². The molecule has 4 heteroatoms. The van der Waals surface area contributed by atoms with Gasteiger partial charge >= 0.3 is 6.03 Å². The van der Waals surface area contributed by atoms with E-state index in [0.717, 1.165) is 47.9 Å². The molecule has 0 aromatic carbocycles. The van der Waals surface area contributed by atoms with Crippen LogP contribution in [0.1, 0.15) is 39.5 Å². The van der Waals surface area contributed by atoms with Crippen molar-refractivity contribution in [1.82, 2.24) is 5.32 Å². The summed E-state index contributed by atoms with van der Waals surface area (Å²) in [5, 5.41) is 2.71. The fraction of sp³-hybridized carbons (Fsp3) is 0.600. The van der Waals surface area contributed by atoms with Crippen LogP contribution in [0.5, 0.6) is 0 Å². The molecular weight excluding hydrogens is 238 g/mol. The van der Waals surface area contributed by atoms with Gasteiger partial charge in [0.2, 0.25) is 0 Å². The highest BCUT2D eigenvalue weighted by Crippen LogP contribution is 2.33. The van der Waals surface area contributed by atoms with Gasteiger partial charge in [0.15, 0.2) is 0 Å². The molecular formula is C15H23N3O. The Morgan fingerprint density at radius 1 is 1.47 bits per heavy atom. The quantitative estimate of drug-likeness (QED) is 0.802. The summed E-state index contributed by atoms with van der Waals surface area (Å²) >= 11 is 0. The average Bonchev–Trinajstić information content (AvgIpc) is 3.08. The molecule has 0 aromatic rings. The summed E-state index contributed by atoms with van der Waals surface area (Å²) in [5.74, 6) is 1.23. The number of nitrogens with zero attached hydrogens (tertiary/aromatic N) is 1. The second kappa shape index (κ2) is 5.59. The lowest BCUT2D eigenvalue weighted by Crippen LogP contribution is -2.30. The Hall–Kier alpha value is -1.58. The fourth-order valence-electron chi connectivity index (χ4n) is 2.52. The van der Waals surface area contributed by atoms with E-state index in [2.05, 4.69) is 18.8 Å². The monoisotopic (exact) mass is 261 g/mol. The first kappa shape index (κ1) is 13.8. The van der Waals surface area contributed by atoms with Gasteiger partial charge in [-0.25, -0.2) is 4.79 Å². The summed E-state index contributed by atoms with van der Waals surface area (Å²) in [6, 6.07) is -0.536. The van der Waals surface area contributed by atoms with Crippen molar-refractivity contribution < 1.29 is 4.79 Å². The summed E-state index contributed by atoms with van der Waals surface area (Å²) in [6.45, 7) is 8.94. The van der Waals surface area contributed by atoms with Gasteiger partial charge in [0.05, 0.1) is 0 Å². The normalized spacial score (nSPS) is 27.5. The van der Waals surface area contributed by atoms with Crippen LogP contribution in [0.15, 0.2) is 28.4 Å². The highest BCUT2D eigenvalue weighted by atomic mass is 16.2. The molecule has 2 saturated carbocycles. The van der Waals surface area contributed by atoms with Crippen molar-refractivity contribution in [1.29, 1.82) is 0 Å². The minimum absolute atomic E-state index is 0.456. The average molecular weight is 261 g/mol. The number of aliphatic imine (C=N–C) groups is 1. The van der Waals surface area contributed by atoms with Gasteiger partial charge in [-0.2, -0.15) is 0 Å². The Balaban J connectivity index is 2.28. The van der Waals surface area contributed by atoms with Gasteiger partial charge in [-0.3, -0.25) is 4.99 Å². The van der Waals surface area contributed by atoms with Crippen molar-refractivity contribution in [2.45, 2.75) is 39.5 Å². The molecule has 0 bridgehead atoms. The Labute approximate surface area is 114 Å². The number of hydrogen-bond donors (Lipinski definition) is 2. The van der Waals surface area contributed by atoms with Gasteiger partial charge in [-0.15, -0.1) is 0 Å². The molecule has 2 aliphatic carbocycles. The number of carbonyl (C=O) groups excluding carboxylic acids is 1. The second-order valence-corrected chi connectivity index (χ2v) is 5.73. The van der Waals surface area contributed by atoms with Crippen LogP contribution in [-0.4, -0.2) is 18.3 Å². The maximum Gasteiger partial charge on any atom is 0.316 e. The molecule has 0 aliphatic heterocycles. The number of allylic oxidation sites excluding steroid dienone is 2. The molecule has 0 aromatic heterocycles. The Morgan fingerprint density at radius 3 is 2.68 bits per heavy atom. The van der Waals surface area contributed by atoms with Gasteiger partial charge in [-0.1, -0.05) is 13.5 Å². The molecule has 0 saturated heterocycles. The molecule has 2 fully saturated rings. The molecule has 0 heterocycles. The van der Waals surface area contributed by atoms with Gasteiger partial charge in [0, 0.05) is 18.0 Å². The third kappa shape index (κ3) is 3.46. The van der Waals surface area contributed by atoms with Crippen LogP contribution in [-0.2, 0) is 0 Å². The van der Waals surface area contributed by atoms with E-state index in [1.54, 1.807) is 0 Å². The standard InChI is InChI=1S/C15H23N3O/c1-9(2)13(18-15(16)19)12-7-4-10(3)14(12)17-8-11-5-6-11/h10-11H,1,4-8H2,2-3H3,(H3,16,18,19)/b13-12+,17-14?. The third-order valence-electron chi connectivity index (χ3n) is 3.80. The van der Waals surface area contributed by atoms with Crippen molar-refractivity contribution in [3.05, 3.63) is 23.4 Å². The number of nitrogens with two attached hydrogens (primary N) is 1. The number of nitrogens with one attached hydrogen (secondary N) is 1. The summed E-state index contributed by atoms with van der Waals surface area (Å²) in [4.78, 5) is 15.9. The molecule has 0 spiro atoms. The van der Waals surface area contributed by atoms with Crippen molar-refractivity contribution >= 4 is 11.7 Å². The minimum atomic E-state index is -0.536. The first-order valence-electron chi connectivity index (χ1n) is 6.99. The van der Waals surface area contributed by atoms with Gasteiger partial charge < -0.3 is 11.1 Å². The lowest BCUT2D eigenvalue weighted by atomic mass is 10.0. The zero-order valence-corrected chi connectivity index (χ0v) is 11.8. The predicted molar refractivity (Wildman–Crippen MR) is 78.0 cm³/mol.